The lowest BCUT2D eigenvalue weighted by molar-refractivity contribution is -0.111. The minimum atomic E-state index is -0.264. The quantitative estimate of drug-likeness (QED) is 0.802. The van der Waals surface area contributed by atoms with Crippen molar-refractivity contribution >= 4 is 17.8 Å². The van der Waals surface area contributed by atoms with E-state index < -0.39 is 0 Å². The van der Waals surface area contributed by atoms with Gasteiger partial charge in [-0.3, -0.25) is 4.79 Å². The second-order valence-electron chi connectivity index (χ2n) is 3.59. The molecule has 0 aliphatic rings. The van der Waals surface area contributed by atoms with E-state index in [1.54, 1.807) is 36.7 Å². The molecule has 0 spiro atoms. The monoisotopic (exact) mass is 243 g/mol. The number of amides is 1. The topological polar surface area (TPSA) is 81.1 Å². The Balaban J connectivity index is 1.94. The predicted molar refractivity (Wildman–Crippen MR) is 68.5 cm³/mol. The van der Waals surface area contributed by atoms with Crippen LogP contribution in [0.3, 0.4) is 0 Å². The van der Waals surface area contributed by atoms with Crippen molar-refractivity contribution in [3.8, 4) is 0 Å². The van der Waals surface area contributed by atoms with Crippen LogP contribution in [0.1, 0.15) is 11.3 Å². The van der Waals surface area contributed by atoms with E-state index >= 15 is 0 Å². The average Bonchev–Trinajstić information content (AvgIpc) is 2.90. The van der Waals surface area contributed by atoms with Crippen LogP contribution in [-0.2, 0) is 11.3 Å². The van der Waals surface area contributed by atoms with E-state index in [2.05, 4.69) is 10.3 Å². The molecule has 3 N–H and O–H groups in total. The van der Waals surface area contributed by atoms with E-state index in [-0.39, 0.29) is 5.91 Å². The van der Waals surface area contributed by atoms with E-state index in [0.29, 0.717) is 18.1 Å². The van der Waals surface area contributed by atoms with Crippen molar-refractivity contribution in [2.45, 2.75) is 6.54 Å². The molecule has 0 aromatic carbocycles. The second-order valence-corrected chi connectivity index (χ2v) is 3.59. The number of aromatic nitrogens is 1. The van der Waals surface area contributed by atoms with E-state index in [9.17, 15) is 4.79 Å². The lowest BCUT2D eigenvalue weighted by Crippen LogP contribution is -2.09. The van der Waals surface area contributed by atoms with Crippen LogP contribution in [0.2, 0.25) is 0 Å². The van der Waals surface area contributed by atoms with Gasteiger partial charge in [0, 0.05) is 18.8 Å². The molecule has 18 heavy (non-hydrogen) atoms. The zero-order valence-electron chi connectivity index (χ0n) is 9.67. The summed E-state index contributed by atoms with van der Waals surface area (Å²) in [6.45, 7) is 0.430. The maximum Gasteiger partial charge on any atom is 0.249 e. The SMILES string of the molecule is NCc1ccc(NC(=O)/C=C/c2ccco2)nc1. The first-order valence-corrected chi connectivity index (χ1v) is 5.45. The Hall–Kier alpha value is -2.40. The summed E-state index contributed by atoms with van der Waals surface area (Å²) >= 11 is 0. The molecule has 92 valence electrons. The smallest absolute Gasteiger partial charge is 0.249 e. The summed E-state index contributed by atoms with van der Waals surface area (Å²) in [7, 11) is 0. The van der Waals surface area contributed by atoms with Crippen molar-refractivity contribution in [1.29, 1.82) is 0 Å². The number of furan rings is 1. The van der Waals surface area contributed by atoms with Crippen LogP contribution in [0.4, 0.5) is 5.82 Å². The highest BCUT2D eigenvalue weighted by molar-refractivity contribution is 6.01. The van der Waals surface area contributed by atoms with Crippen LogP contribution < -0.4 is 11.1 Å². The molecule has 0 bridgehead atoms. The van der Waals surface area contributed by atoms with E-state index in [4.69, 9.17) is 10.2 Å². The summed E-state index contributed by atoms with van der Waals surface area (Å²) in [6.07, 6.45) is 6.15. The third-order valence-corrected chi connectivity index (χ3v) is 2.25. The Labute approximate surface area is 104 Å². The van der Waals surface area contributed by atoms with Gasteiger partial charge in [0.15, 0.2) is 0 Å². The van der Waals surface area contributed by atoms with Crippen molar-refractivity contribution in [3.63, 3.8) is 0 Å². The molecule has 0 saturated carbocycles. The zero-order valence-corrected chi connectivity index (χ0v) is 9.67. The van der Waals surface area contributed by atoms with Gasteiger partial charge < -0.3 is 15.5 Å². The van der Waals surface area contributed by atoms with Crippen molar-refractivity contribution in [3.05, 3.63) is 54.1 Å². The van der Waals surface area contributed by atoms with Gasteiger partial charge in [-0.15, -0.1) is 0 Å². The first-order valence-electron chi connectivity index (χ1n) is 5.45. The molecule has 2 rings (SSSR count). The third kappa shape index (κ3) is 3.29. The van der Waals surface area contributed by atoms with Gasteiger partial charge in [-0.25, -0.2) is 4.98 Å². The Morgan fingerprint density at radius 1 is 1.44 bits per heavy atom. The number of rotatable bonds is 4. The molecule has 2 heterocycles. The summed E-state index contributed by atoms with van der Waals surface area (Å²) in [5.74, 6) is 0.845. The fourth-order valence-corrected chi connectivity index (χ4v) is 1.33. The van der Waals surface area contributed by atoms with Crippen LogP contribution >= 0.6 is 0 Å². The summed E-state index contributed by atoms with van der Waals surface area (Å²) in [4.78, 5) is 15.6. The number of nitrogens with one attached hydrogen (secondary N) is 1. The van der Waals surface area contributed by atoms with E-state index in [0.717, 1.165) is 5.56 Å². The summed E-state index contributed by atoms with van der Waals surface area (Å²) in [5.41, 5.74) is 6.37. The largest absolute Gasteiger partial charge is 0.465 e. The van der Waals surface area contributed by atoms with Gasteiger partial charge in [0.25, 0.3) is 0 Å². The molecule has 1 amide bonds. The normalized spacial score (nSPS) is 10.7. The Morgan fingerprint density at radius 2 is 2.33 bits per heavy atom. The molecule has 5 nitrogen and oxygen atoms in total. The molecular weight excluding hydrogens is 230 g/mol. The average molecular weight is 243 g/mol. The number of nitrogens with zero attached hydrogens (tertiary/aromatic N) is 1. The molecule has 2 aromatic rings. The zero-order chi connectivity index (χ0) is 12.8. The van der Waals surface area contributed by atoms with Crippen LogP contribution in [-0.4, -0.2) is 10.9 Å². The number of hydrogen-bond acceptors (Lipinski definition) is 4. The molecular formula is C13H13N3O2. The van der Waals surface area contributed by atoms with Crippen LogP contribution in [0, 0.1) is 0 Å². The van der Waals surface area contributed by atoms with Crippen molar-refractivity contribution in [2.75, 3.05) is 5.32 Å². The molecule has 0 saturated heterocycles. The Bertz CT molecular complexity index is 530. The van der Waals surface area contributed by atoms with Crippen LogP contribution in [0.5, 0.6) is 0 Å². The van der Waals surface area contributed by atoms with Gasteiger partial charge in [-0.05, 0) is 29.8 Å². The van der Waals surface area contributed by atoms with Crippen LogP contribution in [0.15, 0.2) is 47.2 Å². The Kier molecular flexibility index (Phi) is 3.88. The van der Waals surface area contributed by atoms with Gasteiger partial charge in [0.05, 0.1) is 6.26 Å². The lowest BCUT2D eigenvalue weighted by atomic mass is 10.3. The molecule has 0 unspecified atom stereocenters. The lowest BCUT2D eigenvalue weighted by Gasteiger charge is -2.01. The first-order chi connectivity index (χ1) is 8.78. The molecule has 0 aliphatic heterocycles. The standard InChI is InChI=1S/C13H13N3O2/c14-8-10-3-5-12(15-9-10)16-13(17)6-4-11-2-1-7-18-11/h1-7,9H,8,14H2,(H,15,16,17)/b6-4+. The summed E-state index contributed by atoms with van der Waals surface area (Å²) < 4.78 is 5.07. The summed E-state index contributed by atoms with van der Waals surface area (Å²) in [5, 5.41) is 2.64. The molecule has 0 fully saturated rings. The van der Waals surface area contributed by atoms with Crippen LogP contribution in [0.25, 0.3) is 6.08 Å². The Morgan fingerprint density at radius 3 is 2.94 bits per heavy atom. The predicted octanol–water partition coefficient (Wildman–Crippen LogP) is 1.79. The minimum absolute atomic E-state index is 0.264. The van der Waals surface area contributed by atoms with E-state index in [1.807, 2.05) is 6.07 Å². The highest BCUT2D eigenvalue weighted by Gasteiger charge is 1.99. The molecule has 0 atom stereocenters. The second kappa shape index (κ2) is 5.79. The first kappa shape index (κ1) is 12.1. The molecule has 0 aliphatic carbocycles. The van der Waals surface area contributed by atoms with Gasteiger partial charge >= 0.3 is 0 Å². The van der Waals surface area contributed by atoms with Crippen molar-refractivity contribution in [1.82, 2.24) is 4.98 Å². The van der Waals surface area contributed by atoms with Gasteiger partial charge in [-0.2, -0.15) is 0 Å². The summed E-state index contributed by atoms with van der Waals surface area (Å²) in [6, 6.07) is 7.04. The number of hydrogen-bond donors (Lipinski definition) is 2. The molecule has 0 radical (unpaired) electrons. The molecule has 5 heteroatoms. The molecule has 2 aromatic heterocycles. The maximum atomic E-state index is 11.6. The highest BCUT2D eigenvalue weighted by Crippen LogP contribution is 2.06. The minimum Gasteiger partial charge on any atom is -0.465 e. The van der Waals surface area contributed by atoms with Crippen molar-refractivity contribution < 1.29 is 9.21 Å². The number of anilines is 1. The number of carbonyl (C=O) groups is 1. The third-order valence-electron chi connectivity index (χ3n) is 2.25. The highest BCUT2D eigenvalue weighted by atomic mass is 16.3. The maximum absolute atomic E-state index is 11.6. The number of carbonyl (C=O) groups excluding carboxylic acids is 1. The van der Waals surface area contributed by atoms with Gasteiger partial charge in [0.1, 0.15) is 11.6 Å². The van der Waals surface area contributed by atoms with Gasteiger partial charge in [-0.1, -0.05) is 6.07 Å². The fraction of sp³-hybridized carbons (Fsp3) is 0.0769. The van der Waals surface area contributed by atoms with Crippen molar-refractivity contribution in [2.24, 2.45) is 5.73 Å². The van der Waals surface area contributed by atoms with E-state index in [1.165, 1.54) is 6.08 Å². The fourth-order valence-electron chi connectivity index (χ4n) is 1.33. The number of nitrogens with two attached hydrogens (primary N) is 1. The number of pyridine rings is 1. The van der Waals surface area contributed by atoms with Gasteiger partial charge in [0.2, 0.25) is 5.91 Å².